The lowest BCUT2D eigenvalue weighted by Crippen LogP contribution is -2.24. The average Bonchev–Trinajstić information content (AvgIpc) is 3.25. The number of hydrogen-bond donors (Lipinski definition) is 3. The number of anilines is 1. The fourth-order valence-corrected chi connectivity index (χ4v) is 4.34. The fourth-order valence-electron chi connectivity index (χ4n) is 2.14. The standard InChI is InChI=1S/C15H15N5O3S3/c1-20-12(17-18-15(20)24)9-16-14(21)10-4-2-5-11(8-10)19-26(22,23)13-6-3-7-25-13/h2-8,19H,9H2,1H3,(H,16,21)(H,18,24). The van der Waals surface area contributed by atoms with Crippen LogP contribution in [0.3, 0.4) is 0 Å². The van der Waals surface area contributed by atoms with Crippen molar-refractivity contribution < 1.29 is 13.2 Å². The summed E-state index contributed by atoms with van der Waals surface area (Å²) in [7, 11) is -1.92. The highest BCUT2D eigenvalue weighted by Crippen LogP contribution is 2.20. The van der Waals surface area contributed by atoms with E-state index in [1.165, 1.54) is 12.1 Å². The van der Waals surface area contributed by atoms with Crippen molar-refractivity contribution in [1.29, 1.82) is 0 Å². The molecule has 2 heterocycles. The minimum Gasteiger partial charge on any atom is -0.345 e. The molecule has 3 N–H and O–H groups in total. The summed E-state index contributed by atoms with van der Waals surface area (Å²) in [5, 5.41) is 11.1. The molecule has 0 aliphatic rings. The van der Waals surface area contributed by atoms with Crippen molar-refractivity contribution in [2.24, 2.45) is 7.05 Å². The van der Waals surface area contributed by atoms with Crippen LogP contribution in [0.5, 0.6) is 0 Å². The smallest absolute Gasteiger partial charge is 0.271 e. The second-order valence-corrected chi connectivity index (χ2v) is 8.55. The largest absolute Gasteiger partial charge is 0.345 e. The first-order valence-electron chi connectivity index (χ1n) is 7.42. The highest BCUT2D eigenvalue weighted by atomic mass is 32.2. The van der Waals surface area contributed by atoms with Crippen LogP contribution in [0.2, 0.25) is 0 Å². The third-order valence-electron chi connectivity index (χ3n) is 3.52. The molecule has 0 radical (unpaired) electrons. The minimum absolute atomic E-state index is 0.188. The summed E-state index contributed by atoms with van der Waals surface area (Å²) in [5.41, 5.74) is 0.636. The first-order chi connectivity index (χ1) is 12.4. The molecule has 0 atom stereocenters. The number of thiophene rings is 1. The van der Waals surface area contributed by atoms with Gasteiger partial charge in [0.1, 0.15) is 4.21 Å². The molecule has 11 heteroatoms. The Labute approximate surface area is 158 Å². The Hall–Kier alpha value is -2.50. The monoisotopic (exact) mass is 409 g/mol. The molecule has 0 unspecified atom stereocenters. The van der Waals surface area contributed by atoms with Crippen LogP contribution in [0, 0.1) is 4.77 Å². The fraction of sp³-hybridized carbons (Fsp3) is 0.133. The Kier molecular flexibility index (Phi) is 5.20. The van der Waals surface area contributed by atoms with Gasteiger partial charge in [-0.3, -0.25) is 14.6 Å². The van der Waals surface area contributed by atoms with Crippen LogP contribution < -0.4 is 10.0 Å². The maximum absolute atomic E-state index is 12.3. The number of carbonyl (C=O) groups excluding carboxylic acids is 1. The van der Waals surface area contributed by atoms with Gasteiger partial charge in [0.2, 0.25) is 0 Å². The molecule has 3 aromatic rings. The molecule has 1 aromatic carbocycles. The summed E-state index contributed by atoms with van der Waals surface area (Å²) in [6.07, 6.45) is 0. The first kappa shape index (κ1) is 18.3. The van der Waals surface area contributed by atoms with Crippen LogP contribution in [0.25, 0.3) is 0 Å². The molecule has 0 saturated heterocycles. The van der Waals surface area contributed by atoms with Crippen LogP contribution in [-0.4, -0.2) is 29.1 Å². The third kappa shape index (κ3) is 4.00. The summed E-state index contributed by atoms with van der Waals surface area (Å²) in [6.45, 7) is 0.188. The van der Waals surface area contributed by atoms with E-state index in [9.17, 15) is 13.2 Å². The van der Waals surface area contributed by atoms with E-state index in [-0.39, 0.29) is 16.7 Å². The van der Waals surface area contributed by atoms with Crippen molar-refractivity contribution in [3.63, 3.8) is 0 Å². The van der Waals surface area contributed by atoms with E-state index < -0.39 is 10.0 Å². The molecular weight excluding hydrogens is 394 g/mol. The van der Waals surface area contributed by atoms with Crippen molar-refractivity contribution in [3.05, 3.63) is 57.9 Å². The summed E-state index contributed by atoms with van der Waals surface area (Å²) >= 11 is 6.13. The van der Waals surface area contributed by atoms with Crippen molar-refractivity contribution >= 4 is 45.2 Å². The number of H-pyrrole nitrogens is 1. The summed E-state index contributed by atoms with van der Waals surface area (Å²) < 4.78 is 29.3. The van der Waals surface area contributed by atoms with Crippen molar-refractivity contribution in [2.45, 2.75) is 10.8 Å². The molecule has 26 heavy (non-hydrogen) atoms. The number of aromatic amines is 1. The Balaban J connectivity index is 1.71. The Morgan fingerprint density at radius 2 is 2.15 bits per heavy atom. The van der Waals surface area contributed by atoms with E-state index in [2.05, 4.69) is 20.2 Å². The van der Waals surface area contributed by atoms with E-state index >= 15 is 0 Å². The zero-order valence-corrected chi connectivity index (χ0v) is 16.0. The number of hydrogen-bond acceptors (Lipinski definition) is 6. The number of rotatable bonds is 6. The molecule has 0 aliphatic carbocycles. The highest BCUT2D eigenvalue weighted by Gasteiger charge is 2.16. The summed E-state index contributed by atoms with van der Waals surface area (Å²) in [4.78, 5) is 12.3. The molecule has 136 valence electrons. The van der Waals surface area contributed by atoms with Gasteiger partial charge in [0, 0.05) is 18.3 Å². The van der Waals surface area contributed by atoms with Gasteiger partial charge in [0.05, 0.1) is 6.54 Å². The first-order valence-corrected chi connectivity index (χ1v) is 10.2. The van der Waals surface area contributed by atoms with Gasteiger partial charge in [0.25, 0.3) is 15.9 Å². The second-order valence-electron chi connectivity index (χ2n) is 5.31. The van der Waals surface area contributed by atoms with E-state index in [4.69, 9.17) is 12.2 Å². The van der Waals surface area contributed by atoms with Gasteiger partial charge in [0.15, 0.2) is 10.6 Å². The van der Waals surface area contributed by atoms with Crippen LogP contribution in [0.4, 0.5) is 5.69 Å². The molecule has 0 saturated carbocycles. The van der Waals surface area contributed by atoms with Crippen molar-refractivity contribution in [3.8, 4) is 0 Å². The molecule has 8 nitrogen and oxygen atoms in total. The third-order valence-corrected chi connectivity index (χ3v) is 6.66. The minimum atomic E-state index is -3.66. The zero-order valence-electron chi connectivity index (χ0n) is 13.6. The van der Waals surface area contributed by atoms with Crippen LogP contribution in [0.1, 0.15) is 16.2 Å². The lowest BCUT2D eigenvalue weighted by Gasteiger charge is -2.09. The maximum atomic E-state index is 12.3. The quantitative estimate of drug-likeness (QED) is 0.541. The van der Waals surface area contributed by atoms with Crippen LogP contribution >= 0.6 is 23.6 Å². The van der Waals surface area contributed by atoms with Gasteiger partial charge >= 0.3 is 0 Å². The molecule has 3 rings (SSSR count). The van der Waals surface area contributed by atoms with Gasteiger partial charge in [-0.15, -0.1) is 11.3 Å². The topological polar surface area (TPSA) is 109 Å². The van der Waals surface area contributed by atoms with E-state index in [1.807, 2.05) is 0 Å². The lowest BCUT2D eigenvalue weighted by atomic mass is 10.2. The van der Waals surface area contributed by atoms with Gasteiger partial charge in [-0.1, -0.05) is 12.1 Å². The Bertz CT molecular complexity index is 1080. The van der Waals surface area contributed by atoms with E-state index in [1.54, 1.807) is 41.3 Å². The van der Waals surface area contributed by atoms with E-state index in [0.717, 1.165) is 11.3 Å². The predicted octanol–water partition coefficient (Wildman–Crippen LogP) is 2.27. The van der Waals surface area contributed by atoms with Crippen LogP contribution in [-0.2, 0) is 23.6 Å². The molecule has 0 aliphatic heterocycles. The lowest BCUT2D eigenvalue weighted by molar-refractivity contribution is 0.0949. The number of nitrogens with one attached hydrogen (secondary N) is 3. The summed E-state index contributed by atoms with van der Waals surface area (Å²) in [5.74, 6) is 0.231. The molecular formula is C15H15N5O3S3. The molecule has 0 spiro atoms. The van der Waals surface area contributed by atoms with E-state index in [0.29, 0.717) is 21.8 Å². The Morgan fingerprint density at radius 1 is 1.35 bits per heavy atom. The molecule has 2 aromatic heterocycles. The SMILES string of the molecule is Cn1c(CNC(=O)c2cccc(NS(=O)(=O)c3cccs3)c2)n[nH]c1=S. The number of benzene rings is 1. The number of carbonyl (C=O) groups is 1. The van der Waals surface area contributed by atoms with Gasteiger partial charge in [-0.25, -0.2) is 8.42 Å². The molecule has 0 fully saturated rings. The van der Waals surface area contributed by atoms with Gasteiger partial charge < -0.3 is 9.88 Å². The highest BCUT2D eigenvalue weighted by molar-refractivity contribution is 7.94. The molecule has 1 amide bonds. The van der Waals surface area contributed by atoms with Crippen molar-refractivity contribution in [1.82, 2.24) is 20.1 Å². The number of nitrogens with zero attached hydrogens (tertiary/aromatic N) is 2. The molecule has 0 bridgehead atoms. The average molecular weight is 410 g/mol. The zero-order chi connectivity index (χ0) is 18.7. The number of sulfonamides is 1. The number of amides is 1. The van der Waals surface area contributed by atoms with Gasteiger partial charge in [-0.05, 0) is 41.9 Å². The Morgan fingerprint density at radius 3 is 2.81 bits per heavy atom. The van der Waals surface area contributed by atoms with Gasteiger partial charge in [-0.2, -0.15) is 5.10 Å². The predicted molar refractivity (Wildman–Crippen MR) is 101 cm³/mol. The second kappa shape index (κ2) is 7.40. The van der Waals surface area contributed by atoms with Crippen LogP contribution in [0.15, 0.2) is 46.0 Å². The van der Waals surface area contributed by atoms with Crippen molar-refractivity contribution in [2.75, 3.05) is 4.72 Å². The maximum Gasteiger partial charge on any atom is 0.271 e. The summed E-state index contributed by atoms with van der Waals surface area (Å²) in [6, 6.07) is 9.44. The number of aromatic nitrogens is 3. The normalized spacial score (nSPS) is 11.3.